The molecule has 36 valence electrons. The van der Waals surface area contributed by atoms with E-state index in [-0.39, 0.29) is 29.5 Å². The minimum Gasteiger partial charge on any atom is -0.346 e. The van der Waals surface area contributed by atoms with Crippen LogP contribution in [0.5, 0.6) is 0 Å². The van der Waals surface area contributed by atoms with E-state index in [1.54, 1.807) is 0 Å². The molecule has 1 fully saturated rings. The highest BCUT2D eigenvalue weighted by Gasteiger charge is 1.92. The van der Waals surface area contributed by atoms with Crippen LogP contribution in [0.3, 0.4) is 0 Å². The van der Waals surface area contributed by atoms with Gasteiger partial charge in [-0.1, -0.05) is 0 Å². The van der Waals surface area contributed by atoms with Gasteiger partial charge in [-0.3, -0.25) is 0 Å². The van der Waals surface area contributed by atoms with E-state index in [4.69, 9.17) is 0 Å². The lowest BCUT2D eigenvalue weighted by Gasteiger charge is -2.11. The molecule has 1 saturated heterocycles. The van der Waals surface area contributed by atoms with Crippen LogP contribution in [0.2, 0.25) is 0 Å². The first-order valence-electron chi connectivity index (χ1n) is 2.12. The van der Waals surface area contributed by atoms with Gasteiger partial charge in [-0.25, -0.2) is 0 Å². The normalized spacial score (nSPS) is 36.0. The molecule has 0 spiro atoms. The van der Waals surface area contributed by atoms with Crippen LogP contribution < -0.4 is 13.9 Å². The molecule has 3 N–H and O–H groups in total. The average molecular weight is 135 g/mol. The van der Waals surface area contributed by atoms with Crippen molar-refractivity contribution in [3.05, 3.63) is 0 Å². The van der Waals surface area contributed by atoms with Crippen LogP contribution in [-0.2, 0) is 0 Å². The predicted octanol–water partition coefficient (Wildman–Crippen LogP) is -4.23. The van der Waals surface area contributed by atoms with Crippen LogP contribution in [-0.4, -0.2) is 29.5 Å². The van der Waals surface area contributed by atoms with Gasteiger partial charge < -0.3 is 13.9 Å². The van der Waals surface area contributed by atoms with Gasteiger partial charge in [0.25, 0.3) is 0 Å². The highest BCUT2D eigenvalue weighted by atomic mass is 28.4. The molecular formula is H9N3Si3. The fourth-order valence-corrected chi connectivity index (χ4v) is 8.85. The van der Waals surface area contributed by atoms with Gasteiger partial charge in [0.15, 0.2) is 29.5 Å². The first-order chi connectivity index (χ1) is 3.00. The summed E-state index contributed by atoms with van der Waals surface area (Å²) in [4.78, 5) is 0. The Balaban J connectivity index is 2.00. The van der Waals surface area contributed by atoms with Crippen LogP contribution in [0.25, 0.3) is 0 Å². The maximum Gasteiger partial charge on any atom is 0.155 e. The molecule has 0 bridgehead atoms. The molecule has 3 nitrogen and oxygen atoms in total. The van der Waals surface area contributed by atoms with E-state index in [0.29, 0.717) is 0 Å². The fraction of sp³-hybridized carbons (Fsp3) is 0. The van der Waals surface area contributed by atoms with Gasteiger partial charge in [0.05, 0.1) is 0 Å². The summed E-state index contributed by atoms with van der Waals surface area (Å²) in [5.74, 6) is 0. The summed E-state index contributed by atoms with van der Waals surface area (Å²) in [6.07, 6.45) is 0. The van der Waals surface area contributed by atoms with E-state index in [0.717, 1.165) is 0 Å². The second-order valence-corrected chi connectivity index (χ2v) is 8.34. The number of rotatable bonds is 0. The molecule has 1 aliphatic heterocycles. The van der Waals surface area contributed by atoms with E-state index < -0.39 is 0 Å². The van der Waals surface area contributed by atoms with Crippen LogP contribution in [0.15, 0.2) is 0 Å². The SMILES string of the molecule is N1[SiH2]N[SiH2]N[SiH2]1. The van der Waals surface area contributed by atoms with Crippen molar-refractivity contribution in [1.29, 1.82) is 0 Å². The van der Waals surface area contributed by atoms with Crippen molar-refractivity contribution < 1.29 is 0 Å². The van der Waals surface area contributed by atoms with Crippen LogP contribution in [0.4, 0.5) is 0 Å². The van der Waals surface area contributed by atoms with Gasteiger partial charge in [0, 0.05) is 0 Å². The second-order valence-electron chi connectivity index (χ2n) is 1.28. The highest BCUT2D eigenvalue weighted by Crippen LogP contribution is 1.46. The molecule has 6 heavy (non-hydrogen) atoms. The Labute approximate surface area is 44.2 Å². The zero-order valence-corrected chi connectivity index (χ0v) is 7.86. The molecule has 6 heteroatoms. The lowest BCUT2D eigenvalue weighted by Crippen LogP contribution is -2.55. The lowest BCUT2D eigenvalue weighted by atomic mass is 13.7. The molecule has 0 atom stereocenters. The third-order valence-corrected chi connectivity index (χ3v) is 6.75. The van der Waals surface area contributed by atoms with Crippen molar-refractivity contribution in [2.75, 3.05) is 0 Å². The fourth-order valence-electron chi connectivity index (χ4n) is 0.453. The molecule has 0 aromatic carbocycles. The van der Waals surface area contributed by atoms with Crippen molar-refractivity contribution in [1.82, 2.24) is 13.9 Å². The van der Waals surface area contributed by atoms with E-state index in [2.05, 4.69) is 13.9 Å². The van der Waals surface area contributed by atoms with Crippen LogP contribution >= 0.6 is 0 Å². The molecule has 0 unspecified atom stereocenters. The van der Waals surface area contributed by atoms with Crippen molar-refractivity contribution in [2.45, 2.75) is 0 Å². The first kappa shape index (κ1) is 4.68. The molecule has 0 aromatic heterocycles. The Bertz CT molecular complexity index is 21.5. The molecule has 1 rings (SSSR count). The van der Waals surface area contributed by atoms with Gasteiger partial charge in [-0.15, -0.1) is 0 Å². The van der Waals surface area contributed by atoms with Crippen LogP contribution in [0.1, 0.15) is 0 Å². The van der Waals surface area contributed by atoms with Gasteiger partial charge in [-0.05, 0) is 0 Å². The summed E-state index contributed by atoms with van der Waals surface area (Å²) >= 11 is 0. The molecule has 1 aliphatic rings. The van der Waals surface area contributed by atoms with E-state index in [1.165, 1.54) is 0 Å². The lowest BCUT2D eigenvalue weighted by molar-refractivity contribution is 1.28. The summed E-state index contributed by atoms with van der Waals surface area (Å²) in [7, 11) is 0.208. The van der Waals surface area contributed by atoms with Gasteiger partial charge >= 0.3 is 0 Å². The summed E-state index contributed by atoms with van der Waals surface area (Å²) in [6, 6.07) is 0. The topological polar surface area (TPSA) is 36.1 Å². The Hall–Kier alpha value is 0.531. The molecule has 0 radical (unpaired) electrons. The predicted molar refractivity (Wildman–Crippen MR) is 35.0 cm³/mol. The molecule has 0 aromatic rings. The summed E-state index contributed by atoms with van der Waals surface area (Å²) in [5.41, 5.74) is 0. The molecule has 0 amide bonds. The largest absolute Gasteiger partial charge is 0.346 e. The smallest absolute Gasteiger partial charge is 0.155 e. The Morgan fingerprint density at radius 3 is 1.17 bits per heavy atom. The van der Waals surface area contributed by atoms with Gasteiger partial charge in [0.1, 0.15) is 0 Å². The second kappa shape index (κ2) is 2.66. The first-order valence-corrected chi connectivity index (χ1v) is 6.36. The molecule has 0 saturated carbocycles. The Morgan fingerprint density at radius 1 is 0.667 bits per heavy atom. The maximum atomic E-state index is 3.38. The van der Waals surface area contributed by atoms with Gasteiger partial charge in [0.2, 0.25) is 0 Å². The van der Waals surface area contributed by atoms with Crippen molar-refractivity contribution in [3.8, 4) is 0 Å². The van der Waals surface area contributed by atoms with E-state index in [1.807, 2.05) is 0 Å². The Morgan fingerprint density at radius 2 is 1.00 bits per heavy atom. The summed E-state index contributed by atoms with van der Waals surface area (Å²) in [5, 5.41) is 0. The quantitative estimate of drug-likeness (QED) is 0.295. The van der Waals surface area contributed by atoms with Gasteiger partial charge in [-0.2, -0.15) is 0 Å². The standard InChI is InChI=1S/H9N3Si3/c1-4-2-6-3-5-1/h1-3H,4-6H2. The number of hydrogen-bond donors (Lipinski definition) is 3. The Kier molecular flexibility index (Phi) is 2.08. The summed E-state index contributed by atoms with van der Waals surface area (Å²) < 4.78 is 10.1. The molecule has 0 aliphatic carbocycles. The third-order valence-electron chi connectivity index (χ3n) is 0.750. The monoisotopic (exact) mass is 135 g/mol. The number of hydrogen-bond acceptors (Lipinski definition) is 3. The zero-order chi connectivity index (χ0) is 4.24. The van der Waals surface area contributed by atoms with Crippen molar-refractivity contribution in [2.24, 2.45) is 0 Å². The third kappa shape index (κ3) is 1.32. The van der Waals surface area contributed by atoms with Crippen molar-refractivity contribution >= 4 is 29.5 Å². The summed E-state index contributed by atoms with van der Waals surface area (Å²) in [6.45, 7) is 0. The highest BCUT2D eigenvalue weighted by molar-refractivity contribution is 6.65. The van der Waals surface area contributed by atoms with E-state index >= 15 is 0 Å². The maximum absolute atomic E-state index is 3.38. The zero-order valence-electron chi connectivity index (χ0n) is 3.62. The minimum absolute atomic E-state index is 0.0694. The molecule has 1 heterocycles. The average Bonchev–Trinajstić information content (AvgIpc) is 1.72. The molecular weight excluding hydrogens is 126 g/mol. The van der Waals surface area contributed by atoms with Crippen LogP contribution in [0, 0.1) is 0 Å². The number of nitrogens with one attached hydrogen (secondary N) is 3. The van der Waals surface area contributed by atoms with E-state index in [9.17, 15) is 0 Å². The minimum atomic E-state index is 0.0694. The van der Waals surface area contributed by atoms with Crippen molar-refractivity contribution in [3.63, 3.8) is 0 Å².